The van der Waals surface area contributed by atoms with E-state index in [9.17, 15) is 4.79 Å². The molecule has 0 unspecified atom stereocenters. The van der Waals surface area contributed by atoms with Gasteiger partial charge in [-0.3, -0.25) is 4.79 Å². The molecule has 3 nitrogen and oxygen atoms in total. The molecule has 2 aromatic carbocycles. The lowest BCUT2D eigenvalue weighted by Gasteiger charge is -2.17. The Hall–Kier alpha value is -2.29. The Morgan fingerprint density at radius 2 is 1.57 bits per heavy atom. The summed E-state index contributed by atoms with van der Waals surface area (Å²) in [5.41, 5.74) is 9.94. The molecule has 2 aromatic rings. The van der Waals surface area contributed by atoms with Gasteiger partial charge in [-0.2, -0.15) is 0 Å². The third kappa shape index (κ3) is 4.63. The Morgan fingerprint density at radius 1 is 1.00 bits per heavy atom. The van der Waals surface area contributed by atoms with Crippen LogP contribution in [0.25, 0.3) is 0 Å². The van der Waals surface area contributed by atoms with E-state index in [0.29, 0.717) is 13.0 Å². The normalized spacial score (nSPS) is 10.4. The highest BCUT2D eigenvalue weighted by Crippen LogP contribution is 2.10. The molecule has 0 aliphatic heterocycles. The lowest BCUT2D eigenvalue weighted by Crippen LogP contribution is -2.26. The molecule has 0 radical (unpaired) electrons. The largest absolute Gasteiger partial charge is 0.399 e. The van der Waals surface area contributed by atoms with E-state index in [0.717, 1.165) is 17.7 Å². The first kappa shape index (κ1) is 15.1. The first-order valence-corrected chi connectivity index (χ1v) is 7.18. The molecule has 1 amide bonds. The average Bonchev–Trinajstić information content (AvgIpc) is 2.48. The number of rotatable bonds is 5. The van der Waals surface area contributed by atoms with Gasteiger partial charge >= 0.3 is 0 Å². The molecule has 110 valence electrons. The topological polar surface area (TPSA) is 46.3 Å². The molecule has 2 N–H and O–H groups in total. The van der Waals surface area contributed by atoms with Crippen molar-refractivity contribution in [2.45, 2.75) is 26.3 Å². The van der Waals surface area contributed by atoms with Gasteiger partial charge in [0.05, 0.1) is 0 Å². The second-order valence-corrected chi connectivity index (χ2v) is 5.48. The van der Waals surface area contributed by atoms with Gasteiger partial charge in [-0.1, -0.05) is 42.0 Å². The molecule has 0 spiro atoms. The van der Waals surface area contributed by atoms with E-state index in [-0.39, 0.29) is 5.91 Å². The second kappa shape index (κ2) is 6.93. The summed E-state index contributed by atoms with van der Waals surface area (Å²) in [4.78, 5) is 13.9. The first-order chi connectivity index (χ1) is 10.0. The van der Waals surface area contributed by atoms with E-state index >= 15 is 0 Å². The average molecular weight is 282 g/mol. The number of carbonyl (C=O) groups is 1. The number of anilines is 1. The maximum Gasteiger partial charge on any atom is 0.222 e. The summed E-state index contributed by atoms with van der Waals surface area (Å²) in [6.07, 6.45) is 1.32. The van der Waals surface area contributed by atoms with Crippen molar-refractivity contribution in [3.63, 3.8) is 0 Å². The maximum atomic E-state index is 12.2. The molecule has 0 aliphatic rings. The predicted molar refractivity (Wildman–Crippen MR) is 86.8 cm³/mol. The van der Waals surface area contributed by atoms with Gasteiger partial charge in [0.15, 0.2) is 0 Å². The summed E-state index contributed by atoms with van der Waals surface area (Å²) in [6.45, 7) is 2.68. The monoisotopic (exact) mass is 282 g/mol. The van der Waals surface area contributed by atoms with E-state index in [4.69, 9.17) is 5.73 Å². The van der Waals surface area contributed by atoms with Crippen molar-refractivity contribution in [1.29, 1.82) is 0 Å². The van der Waals surface area contributed by atoms with Crippen LogP contribution in [0, 0.1) is 6.92 Å². The molecule has 0 heterocycles. The number of nitrogens with two attached hydrogens (primary N) is 1. The van der Waals surface area contributed by atoms with E-state index in [1.165, 1.54) is 11.1 Å². The SMILES string of the molecule is Cc1ccc(CCC(=O)N(C)Cc2ccc(N)cc2)cc1. The standard InChI is InChI=1S/C18H22N2O/c1-14-3-5-15(6-4-14)9-12-18(21)20(2)13-16-7-10-17(19)11-8-16/h3-8,10-11H,9,12-13,19H2,1-2H3. The van der Waals surface area contributed by atoms with E-state index in [2.05, 4.69) is 31.2 Å². The fourth-order valence-electron chi connectivity index (χ4n) is 2.18. The minimum Gasteiger partial charge on any atom is -0.399 e. The van der Waals surface area contributed by atoms with Crippen LogP contribution in [0.15, 0.2) is 48.5 Å². The smallest absolute Gasteiger partial charge is 0.222 e. The number of hydrogen-bond acceptors (Lipinski definition) is 2. The summed E-state index contributed by atoms with van der Waals surface area (Å²) in [5, 5.41) is 0. The van der Waals surface area contributed by atoms with Crippen molar-refractivity contribution in [1.82, 2.24) is 4.90 Å². The molecule has 2 rings (SSSR count). The summed E-state index contributed by atoms with van der Waals surface area (Å²) in [5.74, 6) is 0.160. The van der Waals surface area contributed by atoms with Crippen molar-refractivity contribution in [3.8, 4) is 0 Å². The van der Waals surface area contributed by atoms with Gasteiger partial charge in [0.2, 0.25) is 5.91 Å². The number of amides is 1. The summed E-state index contributed by atoms with van der Waals surface area (Å²) >= 11 is 0. The van der Waals surface area contributed by atoms with Crippen molar-refractivity contribution >= 4 is 11.6 Å². The molecular formula is C18H22N2O. The van der Waals surface area contributed by atoms with Crippen LogP contribution in [0.3, 0.4) is 0 Å². The first-order valence-electron chi connectivity index (χ1n) is 7.18. The van der Waals surface area contributed by atoms with Crippen LogP contribution in [0.1, 0.15) is 23.1 Å². The molecule has 0 saturated heterocycles. The number of hydrogen-bond donors (Lipinski definition) is 1. The van der Waals surface area contributed by atoms with E-state index in [1.54, 1.807) is 4.90 Å². The molecular weight excluding hydrogens is 260 g/mol. The van der Waals surface area contributed by atoms with Crippen molar-refractivity contribution < 1.29 is 4.79 Å². The number of aryl methyl sites for hydroxylation is 2. The second-order valence-electron chi connectivity index (χ2n) is 5.48. The number of carbonyl (C=O) groups excluding carboxylic acids is 1. The van der Waals surface area contributed by atoms with Gasteiger partial charge in [-0.05, 0) is 36.6 Å². The van der Waals surface area contributed by atoms with Gasteiger partial charge in [-0.15, -0.1) is 0 Å². The zero-order chi connectivity index (χ0) is 15.2. The third-order valence-electron chi connectivity index (χ3n) is 3.57. The van der Waals surface area contributed by atoms with Crippen LogP contribution < -0.4 is 5.73 Å². The van der Waals surface area contributed by atoms with Crippen molar-refractivity contribution in [2.75, 3.05) is 12.8 Å². The molecule has 21 heavy (non-hydrogen) atoms. The fraction of sp³-hybridized carbons (Fsp3) is 0.278. The van der Waals surface area contributed by atoms with E-state index < -0.39 is 0 Å². The van der Waals surface area contributed by atoms with Gasteiger partial charge < -0.3 is 10.6 Å². The highest BCUT2D eigenvalue weighted by atomic mass is 16.2. The third-order valence-corrected chi connectivity index (χ3v) is 3.57. The van der Waals surface area contributed by atoms with Crippen LogP contribution in [0.5, 0.6) is 0 Å². The highest BCUT2D eigenvalue weighted by Gasteiger charge is 2.09. The van der Waals surface area contributed by atoms with E-state index in [1.807, 2.05) is 31.3 Å². The molecule has 0 aromatic heterocycles. The molecule has 0 fully saturated rings. The van der Waals surface area contributed by atoms with Crippen molar-refractivity contribution in [3.05, 3.63) is 65.2 Å². The predicted octanol–water partition coefficient (Wildman–Crippen LogP) is 3.17. The molecule has 0 bridgehead atoms. The fourth-order valence-corrected chi connectivity index (χ4v) is 2.18. The summed E-state index contributed by atoms with van der Waals surface area (Å²) < 4.78 is 0. The summed E-state index contributed by atoms with van der Waals surface area (Å²) in [6, 6.07) is 16.0. The minimum atomic E-state index is 0.160. The Bertz CT molecular complexity index is 588. The molecule has 0 saturated carbocycles. The van der Waals surface area contributed by atoms with Gasteiger partial charge in [0, 0.05) is 25.7 Å². The Morgan fingerprint density at radius 3 is 2.19 bits per heavy atom. The van der Waals surface area contributed by atoms with Crippen LogP contribution in [0.2, 0.25) is 0 Å². The number of nitrogens with zero attached hydrogens (tertiary/aromatic N) is 1. The quantitative estimate of drug-likeness (QED) is 0.856. The Kier molecular flexibility index (Phi) is 4.99. The Balaban J connectivity index is 1.84. The lowest BCUT2D eigenvalue weighted by molar-refractivity contribution is -0.130. The zero-order valence-electron chi connectivity index (χ0n) is 12.7. The maximum absolute atomic E-state index is 12.2. The molecule has 0 aliphatic carbocycles. The molecule has 0 atom stereocenters. The van der Waals surface area contributed by atoms with Gasteiger partial charge in [-0.25, -0.2) is 0 Å². The zero-order valence-corrected chi connectivity index (χ0v) is 12.7. The van der Waals surface area contributed by atoms with Crippen LogP contribution in [-0.4, -0.2) is 17.9 Å². The van der Waals surface area contributed by atoms with Crippen molar-refractivity contribution in [2.24, 2.45) is 0 Å². The molecule has 3 heteroatoms. The van der Waals surface area contributed by atoms with Crippen LogP contribution in [-0.2, 0) is 17.8 Å². The Labute approximate surface area is 126 Å². The lowest BCUT2D eigenvalue weighted by atomic mass is 10.1. The summed E-state index contributed by atoms with van der Waals surface area (Å²) in [7, 11) is 1.84. The number of benzene rings is 2. The minimum absolute atomic E-state index is 0.160. The highest BCUT2D eigenvalue weighted by molar-refractivity contribution is 5.76. The van der Waals surface area contributed by atoms with Crippen LogP contribution in [0.4, 0.5) is 5.69 Å². The number of nitrogen functional groups attached to an aromatic ring is 1. The van der Waals surface area contributed by atoms with Crippen LogP contribution >= 0.6 is 0 Å². The van der Waals surface area contributed by atoms with Gasteiger partial charge in [0.1, 0.15) is 0 Å². The van der Waals surface area contributed by atoms with Gasteiger partial charge in [0.25, 0.3) is 0 Å².